The maximum absolute atomic E-state index is 14.0. The number of pyridine rings is 1. The Bertz CT molecular complexity index is 1100. The normalized spacial score (nSPS) is 14.9. The smallest absolute Gasteiger partial charge is 0.380 e. The summed E-state index contributed by atoms with van der Waals surface area (Å²) < 4.78 is 55.9. The van der Waals surface area contributed by atoms with E-state index in [4.69, 9.17) is 0 Å². The van der Waals surface area contributed by atoms with Crippen molar-refractivity contribution in [3.63, 3.8) is 0 Å². The number of aryl methyl sites for hydroxylation is 1. The molecule has 0 saturated heterocycles. The Morgan fingerprint density at radius 2 is 1.83 bits per heavy atom. The lowest BCUT2D eigenvalue weighted by atomic mass is 9.72. The quantitative estimate of drug-likeness (QED) is 0.547. The molecule has 1 unspecified atom stereocenters. The van der Waals surface area contributed by atoms with E-state index in [0.29, 0.717) is 21.3 Å². The van der Waals surface area contributed by atoms with Crippen LogP contribution in [0.5, 0.6) is 0 Å². The fourth-order valence-electron chi connectivity index (χ4n) is 3.80. The first-order valence-electron chi connectivity index (χ1n) is 8.98. The van der Waals surface area contributed by atoms with Crippen molar-refractivity contribution >= 4 is 21.6 Å². The minimum absolute atomic E-state index is 0.242. The molecule has 0 aliphatic rings. The third-order valence-electron chi connectivity index (χ3n) is 5.14. The Kier molecular flexibility index (Phi) is 5.38. The SMILES string of the molecule is Cc1ccc(F)cc1C(C)(C)CC(O)(Cc1cc2[nH]ccc(=O)c2s1)C(F)(F)F. The van der Waals surface area contributed by atoms with Crippen LogP contribution in [0.3, 0.4) is 0 Å². The van der Waals surface area contributed by atoms with Gasteiger partial charge in [-0.2, -0.15) is 13.2 Å². The number of thiophene rings is 1. The Labute approximate surface area is 169 Å². The van der Waals surface area contributed by atoms with Gasteiger partial charge in [-0.05, 0) is 48.1 Å². The van der Waals surface area contributed by atoms with Gasteiger partial charge in [0, 0.05) is 23.6 Å². The number of aliphatic hydroxyl groups is 1. The van der Waals surface area contributed by atoms with Crippen LogP contribution in [0.4, 0.5) is 17.6 Å². The van der Waals surface area contributed by atoms with Crippen molar-refractivity contribution in [3.05, 3.63) is 68.6 Å². The summed E-state index contributed by atoms with van der Waals surface area (Å²) in [4.78, 5) is 15.0. The number of halogens is 4. The van der Waals surface area contributed by atoms with Crippen LogP contribution in [-0.2, 0) is 11.8 Å². The number of aromatic nitrogens is 1. The van der Waals surface area contributed by atoms with Crippen molar-refractivity contribution in [1.29, 1.82) is 0 Å². The number of benzene rings is 1. The summed E-state index contributed by atoms with van der Waals surface area (Å²) in [7, 11) is 0. The minimum Gasteiger partial charge on any atom is -0.380 e. The van der Waals surface area contributed by atoms with Crippen LogP contribution < -0.4 is 5.43 Å². The second-order valence-corrected chi connectivity index (χ2v) is 9.16. The molecule has 2 heterocycles. The first-order chi connectivity index (χ1) is 13.3. The number of nitrogens with one attached hydrogen (secondary N) is 1. The van der Waals surface area contributed by atoms with Crippen molar-refractivity contribution in [2.24, 2.45) is 0 Å². The lowest BCUT2D eigenvalue weighted by Gasteiger charge is -2.38. The molecule has 0 bridgehead atoms. The molecule has 3 nitrogen and oxygen atoms in total. The summed E-state index contributed by atoms with van der Waals surface area (Å²) >= 11 is 0.931. The number of alkyl halides is 3. The summed E-state index contributed by atoms with van der Waals surface area (Å²) in [5.74, 6) is -0.544. The first kappa shape index (κ1) is 21.5. The van der Waals surface area contributed by atoms with Gasteiger partial charge in [-0.25, -0.2) is 4.39 Å². The van der Waals surface area contributed by atoms with E-state index in [1.807, 2.05) is 0 Å². The second-order valence-electron chi connectivity index (χ2n) is 8.02. The molecule has 3 aromatic rings. The van der Waals surface area contributed by atoms with E-state index in [0.717, 1.165) is 11.3 Å². The van der Waals surface area contributed by atoms with Gasteiger partial charge in [0.25, 0.3) is 0 Å². The molecular weight excluding hydrogens is 406 g/mol. The zero-order valence-corrected chi connectivity index (χ0v) is 17.0. The molecule has 29 heavy (non-hydrogen) atoms. The van der Waals surface area contributed by atoms with E-state index in [1.165, 1.54) is 36.5 Å². The van der Waals surface area contributed by atoms with E-state index in [9.17, 15) is 27.5 Å². The van der Waals surface area contributed by atoms with Gasteiger partial charge in [0.1, 0.15) is 5.82 Å². The van der Waals surface area contributed by atoms with Crippen LogP contribution in [0.2, 0.25) is 0 Å². The van der Waals surface area contributed by atoms with E-state index >= 15 is 0 Å². The molecule has 0 aliphatic heterocycles. The van der Waals surface area contributed by atoms with Gasteiger partial charge in [-0.1, -0.05) is 19.9 Å². The van der Waals surface area contributed by atoms with E-state index in [2.05, 4.69) is 4.98 Å². The first-order valence-corrected chi connectivity index (χ1v) is 9.80. The summed E-state index contributed by atoms with van der Waals surface area (Å²) in [6, 6.07) is 6.73. The van der Waals surface area contributed by atoms with Crippen LogP contribution in [-0.4, -0.2) is 21.9 Å². The number of H-pyrrole nitrogens is 1. The van der Waals surface area contributed by atoms with Crippen LogP contribution in [0.25, 0.3) is 10.2 Å². The zero-order chi connectivity index (χ0) is 21.6. The Morgan fingerprint density at radius 3 is 2.45 bits per heavy atom. The highest BCUT2D eigenvalue weighted by Gasteiger charge is 2.56. The molecule has 0 amide bonds. The molecule has 1 atom stereocenters. The zero-order valence-electron chi connectivity index (χ0n) is 16.2. The highest BCUT2D eigenvalue weighted by Crippen LogP contribution is 2.44. The topological polar surface area (TPSA) is 53.1 Å². The largest absolute Gasteiger partial charge is 0.417 e. The van der Waals surface area contributed by atoms with Crippen LogP contribution in [0.15, 0.2) is 41.3 Å². The molecule has 1 aromatic carbocycles. The Morgan fingerprint density at radius 1 is 1.14 bits per heavy atom. The van der Waals surface area contributed by atoms with Crippen LogP contribution >= 0.6 is 11.3 Å². The highest BCUT2D eigenvalue weighted by molar-refractivity contribution is 7.18. The van der Waals surface area contributed by atoms with Crippen molar-refractivity contribution in [2.75, 3.05) is 0 Å². The minimum atomic E-state index is -4.91. The predicted molar refractivity (Wildman–Crippen MR) is 106 cm³/mol. The van der Waals surface area contributed by atoms with Gasteiger partial charge in [-0.3, -0.25) is 4.79 Å². The predicted octanol–water partition coefficient (Wildman–Crippen LogP) is 5.24. The third kappa shape index (κ3) is 4.23. The van der Waals surface area contributed by atoms with Gasteiger partial charge in [0.2, 0.25) is 0 Å². The van der Waals surface area contributed by atoms with Crippen molar-refractivity contribution in [3.8, 4) is 0 Å². The summed E-state index contributed by atoms with van der Waals surface area (Å²) in [6.07, 6.45) is -4.84. The number of hydrogen-bond donors (Lipinski definition) is 2. The third-order valence-corrected chi connectivity index (χ3v) is 6.29. The molecule has 8 heteroatoms. The van der Waals surface area contributed by atoms with E-state index < -0.39 is 35.9 Å². The number of hydrogen-bond acceptors (Lipinski definition) is 3. The maximum Gasteiger partial charge on any atom is 0.417 e. The average Bonchev–Trinajstić information content (AvgIpc) is 2.99. The van der Waals surface area contributed by atoms with Crippen molar-refractivity contribution in [1.82, 2.24) is 4.98 Å². The molecule has 2 aromatic heterocycles. The molecule has 0 fully saturated rings. The number of aromatic amines is 1. The van der Waals surface area contributed by atoms with Gasteiger partial charge >= 0.3 is 6.18 Å². The number of fused-ring (bicyclic) bond motifs is 1. The monoisotopic (exact) mass is 427 g/mol. The molecule has 156 valence electrons. The molecular formula is C21H21F4NO2S. The van der Waals surface area contributed by atoms with Crippen molar-refractivity contribution < 1.29 is 22.7 Å². The van der Waals surface area contributed by atoms with Gasteiger partial charge < -0.3 is 10.1 Å². The molecule has 0 radical (unpaired) electrons. The van der Waals surface area contributed by atoms with Gasteiger partial charge in [0.05, 0.1) is 10.2 Å². The molecule has 3 rings (SSSR count). The molecule has 0 saturated carbocycles. The van der Waals surface area contributed by atoms with Crippen LogP contribution in [0.1, 0.15) is 36.3 Å². The Balaban J connectivity index is 2.01. The lowest BCUT2D eigenvalue weighted by Crippen LogP contribution is -2.50. The maximum atomic E-state index is 14.0. The second kappa shape index (κ2) is 7.25. The van der Waals surface area contributed by atoms with E-state index in [-0.39, 0.29) is 10.3 Å². The standard InChI is InChI=1S/C21H21F4NO2S/c1-12-4-5-13(22)8-15(12)19(2,3)11-20(28,21(23,24)25)10-14-9-16-18(29-14)17(27)6-7-26-16/h4-9,28H,10-11H2,1-3H3,(H,26,27). The molecule has 0 spiro atoms. The van der Waals surface area contributed by atoms with Gasteiger partial charge in [0.15, 0.2) is 11.0 Å². The molecule has 0 aliphatic carbocycles. The Hall–Kier alpha value is -2.19. The summed E-state index contributed by atoms with van der Waals surface area (Å²) in [6.45, 7) is 4.81. The van der Waals surface area contributed by atoms with Crippen LogP contribution in [0, 0.1) is 12.7 Å². The fraction of sp³-hybridized carbons (Fsp3) is 0.381. The lowest BCUT2D eigenvalue weighted by molar-refractivity contribution is -0.266. The average molecular weight is 427 g/mol. The van der Waals surface area contributed by atoms with Gasteiger partial charge in [-0.15, -0.1) is 11.3 Å². The molecule has 2 N–H and O–H groups in total. The van der Waals surface area contributed by atoms with Crippen molar-refractivity contribution in [2.45, 2.75) is 50.8 Å². The fourth-order valence-corrected chi connectivity index (χ4v) is 4.95. The van der Waals surface area contributed by atoms with E-state index in [1.54, 1.807) is 20.8 Å². The highest BCUT2D eigenvalue weighted by atomic mass is 32.1. The summed E-state index contributed by atoms with van der Waals surface area (Å²) in [5, 5.41) is 10.8. The number of rotatable bonds is 5. The summed E-state index contributed by atoms with van der Waals surface area (Å²) in [5.41, 5.74) is -2.99.